The van der Waals surface area contributed by atoms with Crippen molar-refractivity contribution in [2.75, 3.05) is 58.1 Å². The molecule has 1 fully saturated rings. The summed E-state index contributed by atoms with van der Waals surface area (Å²) in [6.45, 7) is 3.21. The van der Waals surface area contributed by atoms with Crippen molar-refractivity contribution >= 4 is 23.3 Å². The van der Waals surface area contributed by atoms with Crippen molar-refractivity contribution in [2.45, 2.75) is 50.6 Å². The molecular formula is C27H36ClF3N2O6. The molecule has 8 nitrogen and oxygen atoms in total. The zero-order valence-electron chi connectivity index (χ0n) is 21.8. The van der Waals surface area contributed by atoms with Crippen LogP contribution in [-0.2, 0) is 20.4 Å². The molecule has 2 aromatic rings. The van der Waals surface area contributed by atoms with Gasteiger partial charge in [0.15, 0.2) is 5.78 Å². The number of aliphatic hydroxyl groups excluding tert-OH is 1. The van der Waals surface area contributed by atoms with Crippen molar-refractivity contribution in [2.24, 2.45) is 5.92 Å². The monoisotopic (exact) mass is 576 g/mol. The van der Waals surface area contributed by atoms with Crippen LogP contribution >= 0.6 is 11.6 Å². The molecule has 0 bridgehead atoms. The molecule has 12 heteroatoms. The average Bonchev–Trinajstić information content (AvgIpc) is 3.39. The van der Waals surface area contributed by atoms with Gasteiger partial charge in [-0.1, -0.05) is 22.8 Å². The largest absolute Gasteiger partial charge is 0.417 e. The molecule has 218 valence electrons. The molecule has 0 radical (unpaired) electrons. The summed E-state index contributed by atoms with van der Waals surface area (Å²) in [5.41, 5.74) is 0.186. The number of rotatable bonds is 17. The lowest BCUT2D eigenvalue weighted by Gasteiger charge is -2.27. The molecule has 0 atom stereocenters. The van der Waals surface area contributed by atoms with Crippen molar-refractivity contribution in [1.82, 2.24) is 5.16 Å². The van der Waals surface area contributed by atoms with Gasteiger partial charge in [0.2, 0.25) is 5.88 Å². The fourth-order valence-electron chi connectivity index (χ4n) is 4.56. The van der Waals surface area contributed by atoms with Gasteiger partial charge in [0.05, 0.1) is 62.5 Å². The molecule has 0 aliphatic heterocycles. The Labute approximate surface area is 231 Å². The predicted octanol–water partition coefficient (Wildman–Crippen LogP) is 5.74. The van der Waals surface area contributed by atoms with E-state index in [1.165, 1.54) is 6.07 Å². The maximum absolute atomic E-state index is 12.9. The molecule has 0 spiro atoms. The van der Waals surface area contributed by atoms with Crippen LogP contribution in [0.4, 0.5) is 19.1 Å². The van der Waals surface area contributed by atoms with Gasteiger partial charge in [0, 0.05) is 30.5 Å². The number of nitrogens with one attached hydrogen (secondary N) is 1. The topological polar surface area (TPSA) is 103 Å². The van der Waals surface area contributed by atoms with Crippen molar-refractivity contribution in [3.05, 3.63) is 46.1 Å². The Balaban J connectivity index is 1.28. The number of anilines is 1. The van der Waals surface area contributed by atoms with E-state index in [1.807, 2.05) is 6.07 Å². The normalized spacial score (nSPS) is 17.9. The molecule has 1 aromatic carbocycles. The Morgan fingerprint density at radius 1 is 1.03 bits per heavy atom. The first-order chi connectivity index (χ1) is 18.8. The number of aliphatic hydroxyl groups is 1. The van der Waals surface area contributed by atoms with E-state index in [-0.39, 0.29) is 24.4 Å². The molecule has 3 rings (SSSR count). The fourth-order valence-corrected chi connectivity index (χ4v) is 4.85. The lowest BCUT2D eigenvalue weighted by molar-refractivity contribution is -0.137. The molecule has 1 aliphatic rings. The SMILES string of the molecule is O=C(CCC1CCC(c2cc(NCCOCCOCCOCCO)on2)CC1)c1ccc(C(F)(F)F)c(Cl)c1. The summed E-state index contributed by atoms with van der Waals surface area (Å²) in [6.07, 6.45) is 0.201. The van der Waals surface area contributed by atoms with Crippen LogP contribution in [0.2, 0.25) is 5.02 Å². The van der Waals surface area contributed by atoms with Crippen LogP contribution in [0.5, 0.6) is 0 Å². The second-order valence-electron chi connectivity index (χ2n) is 9.48. The van der Waals surface area contributed by atoms with Gasteiger partial charge in [-0.05, 0) is 50.2 Å². The van der Waals surface area contributed by atoms with E-state index in [4.69, 9.17) is 35.4 Å². The smallest absolute Gasteiger partial charge is 0.394 e. The van der Waals surface area contributed by atoms with Gasteiger partial charge < -0.3 is 29.2 Å². The van der Waals surface area contributed by atoms with E-state index in [2.05, 4.69) is 10.5 Å². The minimum absolute atomic E-state index is 0.00305. The van der Waals surface area contributed by atoms with Gasteiger partial charge in [0.25, 0.3) is 0 Å². The number of carbonyl (C=O) groups excluding carboxylic acids is 1. The maximum Gasteiger partial charge on any atom is 0.417 e. The summed E-state index contributed by atoms with van der Waals surface area (Å²) < 4.78 is 60.0. The zero-order chi connectivity index (χ0) is 28.1. The standard InChI is InChI=1S/C27H36ClF3N2O6/c28-23-17-21(6-7-22(23)27(29,30)31)25(35)8-3-19-1-4-20(5-2-19)24-18-26(39-33-24)32-9-11-36-13-15-38-16-14-37-12-10-34/h6-7,17-20,32,34H,1-5,8-16H2. The molecule has 39 heavy (non-hydrogen) atoms. The Bertz CT molecular complexity index is 1010. The Morgan fingerprint density at radius 3 is 2.33 bits per heavy atom. The van der Waals surface area contributed by atoms with Crippen molar-refractivity contribution in [3.8, 4) is 0 Å². The van der Waals surface area contributed by atoms with E-state index in [0.717, 1.165) is 43.5 Å². The first kappa shape index (κ1) is 31.3. The highest BCUT2D eigenvalue weighted by Crippen LogP contribution is 2.38. The number of benzene rings is 1. The second-order valence-corrected chi connectivity index (χ2v) is 9.88. The molecule has 2 N–H and O–H groups in total. The van der Waals surface area contributed by atoms with Gasteiger partial charge in [-0.2, -0.15) is 13.2 Å². The number of hydrogen-bond donors (Lipinski definition) is 2. The lowest BCUT2D eigenvalue weighted by atomic mass is 9.78. The molecule has 1 heterocycles. The molecular weight excluding hydrogens is 541 g/mol. The van der Waals surface area contributed by atoms with Crippen LogP contribution < -0.4 is 5.32 Å². The van der Waals surface area contributed by atoms with E-state index < -0.39 is 16.8 Å². The van der Waals surface area contributed by atoms with Gasteiger partial charge in [0.1, 0.15) is 0 Å². The molecule has 0 saturated heterocycles. The van der Waals surface area contributed by atoms with Crippen LogP contribution in [0.25, 0.3) is 0 Å². The second kappa shape index (κ2) is 16.2. The van der Waals surface area contributed by atoms with Gasteiger partial charge in [-0.25, -0.2) is 0 Å². The third kappa shape index (κ3) is 10.7. The highest BCUT2D eigenvalue weighted by molar-refractivity contribution is 6.31. The summed E-state index contributed by atoms with van der Waals surface area (Å²) in [5.74, 6) is 1.07. The van der Waals surface area contributed by atoms with Crippen LogP contribution in [0.1, 0.15) is 66.1 Å². The fraction of sp³-hybridized carbons (Fsp3) is 0.630. The number of ketones is 1. The summed E-state index contributed by atoms with van der Waals surface area (Å²) in [4.78, 5) is 12.5. The van der Waals surface area contributed by atoms with Gasteiger partial charge >= 0.3 is 6.18 Å². The summed E-state index contributed by atoms with van der Waals surface area (Å²) in [6, 6.07) is 5.09. The molecule has 1 saturated carbocycles. The first-order valence-corrected chi connectivity index (χ1v) is 13.6. The minimum atomic E-state index is -4.54. The number of halogens is 4. The number of hydrogen-bond acceptors (Lipinski definition) is 8. The third-order valence-electron chi connectivity index (χ3n) is 6.69. The number of carbonyl (C=O) groups is 1. The quantitative estimate of drug-likeness (QED) is 0.182. The molecule has 0 amide bonds. The summed E-state index contributed by atoms with van der Waals surface area (Å²) >= 11 is 5.75. The minimum Gasteiger partial charge on any atom is -0.394 e. The Hall–Kier alpha value is -2.18. The Morgan fingerprint density at radius 2 is 1.69 bits per heavy atom. The van der Waals surface area contributed by atoms with E-state index in [9.17, 15) is 18.0 Å². The number of alkyl halides is 3. The van der Waals surface area contributed by atoms with Crippen molar-refractivity contribution in [1.29, 1.82) is 0 Å². The summed E-state index contributed by atoms with van der Waals surface area (Å²) in [7, 11) is 0. The number of aromatic nitrogens is 1. The van der Waals surface area contributed by atoms with E-state index in [1.54, 1.807) is 0 Å². The number of Topliss-reactive ketones (excluding diaryl/α,β-unsaturated/α-hetero) is 1. The number of nitrogens with zero attached hydrogens (tertiary/aromatic N) is 1. The first-order valence-electron chi connectivity index (χ1n) is 13.2. The third-order valence-corrected chi connectivity index (χ3v) is 7.01. The van der Waals surface area contributed by atoms with Crippen molar-refractivity contribution in [3.63, 3.8) is 0 Å². The molecule has 0 unspecified atom stereocenters. The Kier molecular flexibility index (Phi) is 13.0. The zero-order valence-corrected chi connectivity index (χ0v) is 22.6. The van der Waals surface area contributed by atoms with Crippen LogP contribution in [0, 0.1) is 5.92 Å². The van der Waals surface area contributed by atoms with E-state index >= 15 is 0 Å². The number of ether oxygens (including phenoxy) is 3. The highest BCUT2D eigenvalue weighted by Gasteiger charge is 2.33. The molecule has 1 aromatic heterocycles. The molecule has 1 aliphatic carbocycles. The van der Waals surface area contributed by atoms with Gasteiger partial charge in [-0.15, -0.1) is 0 Å². The van der Waals surface area contributed by atoms with Crippen molar-refractivity contribution < 1.29 is 41.8 Å². The highest BCUT2D eigenvalue weighted by atomic mass is 35.5. The lowest BCUT2D eigenvalue weighted by Crippen LogP contribution is -2.15. The predicted molar refractivity (Wildman–Crippen MR) is 139 cm³/mol. The van der Waals surface area contributed by atoms with E-state index in [0.29, 0.717) is 70.3 Å². The average molecular weight is 577 g/mol. The van der Waals surface area contributed by atoms with Gasteiger partial charge in [-0.3, -0.25) is 4.79 Å². The summed E-state index contributed by atoms with van der Waals surface area (Å²) in [5, 5.41) is 15.5. The maximum atomic E-state index is 12.9. The van der Waals surface area contributed by atoms with Crippen LogP contribution in [0.3, 0.4) is 0 Å². The van der Waals surface area contributed by atoms with Crippen LogP contribution in [0.15, 0.2) is 28.8 Å². The van der Waals surface area contributed by atoms with Crippen LogP contribution in [-0.4, -0.2) is 68.8 Å².